The first-order valence-electron chi connectivity index (χ1n) is 12.7. The molecule has 0 radical (unpaired) electrons. The molecule has 36 heavy (non-hydrogen) atoms. The number of rotatable bonds is 14. The number of Topliss-reactive ketones (excluding diaryl/α,β-unsaturated/α-hetero) is 2. The van der Waals surface area contributed by atoms with Crippen LogP contribution in [0.1, 0.15) is 79.1 Å². The molecule has 6 nitrogen and oxygen atoms in total. The largest absolute Gasteiger partial charge is 0.396 e. The van der Waals surface area contributed by atoms with Crippen LogP contribution in [-0.2, 0) is 23.9 Å². The lowest BCUT2D eigenvalue weighted by Gasteiger charge is -2.22. The van der Waals surface area contributed by atoms with Crippen molar-refractivity contribution in [1.29, 1.82) is 0 Å². The number of allylic oxidation sites excluding steroid dienone is 10. The number of carbonyl (C=O) groups excluding carboxylic acids is 4. The molecule has 196 valence electrons. The van der Waals surface area contributed by atoms with Gasteiger partial charge in [0.1, 0.15) is 0 Å². The average Bonchev–Trinajstić information content (AvgIpc) is 2.82. The van der Waals surface area contributed by atoms with Gasteiger partial charge in [0, 0.05) is 36.0 Å². The maximum Gasteiger partial charge on any atom is 0.189 e. The van der Waals surface area contributed by atoms with E-state index >= 15 is 0 Å². The van der Waals surface area contributed by atoms with Crippen LogP contribution in [0.25, 0.3) is 0 Å². The van der Waals surface area contributed by atoms with Crippen LogP contribution in [0.4, 0.5) is 0 Å². The van der Waals surface area contributed by atoms with Gasteiger partial charge in [-0.05, 0) is 82.1 Å². The summed E-state index contributed by atoms with van der Waals surface area (Å²) in [7, 11) is 1.67. The Labute approximate surface area is 214 Å². The van der Waals surface area contributed by atoms with Crippen molar-refractivity contribution in [3.05, 3.63) is 58.7 Å². The molecule has 6 heteroatoms. The zero-order chi connectivity index (χ0) is 26.9. The number of aliphatic hydroxyl groups excluding tert-OH is 1. The van der Waals surface area contributed by atoms with E-state index < -0.39 is 0 Å². The zero-order valence-electron chi connectivity index (χ0n) is 22.3. The number of hydrogen-bond acceptors (Lipinski definition) is 6. The summed E-state index contributed by atoms with van der Waals surface area (Å²) < 4.78 is 5.42. The molecule has 0 fully saturated rings. The van der Waals surface area contributed by atoms with Crippen molar-refractivity contribution < 1.29 is 29.0 Å². The highest BCUT2D eigenvalue weighted by atomic mass is 16.5. The normalized spacial score (nSPS) is 17.4. The molecule has 2 aliphatic carbocycles. The predicted molar refractivity (Wildman–Crippen MR) is 140 cm³/mol. The van der Waals surface area contributed by atoms with Crippen molar-refractivity contribution in [3.8, 4) is 0 Å². The van der Waals surface area contributed by atoms with E-state index in [1.807, 2.05) is 27.7 Å². The third-order valence-corrected chi connectivity index (χ3v) is 6.78. The summed E-state index contributed by atoms with van der Waals surface area (Å²) in [5.41, 5.74) is 0.952. The van der Waals surface area contributed by atoms with Crippen LogP contribution in [-0.4, -0.2) is 47.6 Å². The molecule has 0 aromatic heterocycles. The lowest BCUT2D eigenvalue weighted by molar-refractivity contribution is -0.115. The Kier molecular flexibility index (Phi) is 10.7. The molecule has 0 bridgehead atoms. The SMILES string of the molecule is COC(C)(C)CCCCC1=CC(=O)C=C(/C=C\C2=CC(=O)C=C(CCCCC(C)(C)CO)C2=O)C1=O. The van der Waals surface area contributed by atoms with Gasteiger partial charge in [-0.15, -0.1) is 0 Å². The Morgan fingerprint density at radius 1 is 0.722 bits per heavy atom. The smallest absolute Gasteiger partial charge is 0.189 e. The van der Waals surface area contributed by atoms with Crippen LogP contribution in [0.2, 0.25) is 0 Å². The molecule has 0 atom stereocenters. The minimum absolute atomic E-state index is 0.102. The van der Waals surface area contributed by atoms with Crippen LogP contribution >= 0.6 is 0 Å². The van der Waals surface area contributed by atoms with Gasteiger partial charge in [0.15, 0.2) is 23.1 Å². The van der Waals surface area contributed by atoms with Crippen LogP contribution in [0.15, 0.2) is 58.7 Å². The highest BCUT2D eigenvalue weighted by Crippen LogP contribution is 2.26. The van der Waals surface area contributed by atoms with E-state index in [1.54, 1.807) is 7.11 Å². The third-order valence-electron chi connectivity index (χ3n) is 6.78. The molecule has 0 heterocycles. The van der Waals surface area contributed by atoms with Crippen LogP contribution in [0.5, 0.6) is 0 Å². The molecule has 2 rings (SSSR count). The number of ether oxygens (including phenoxy) is 1. The Bertz CT molecular complexity index is 948. The average molecular weight is 497 g/mol. The van der Waals surface area contributed by atoms with E-state index in [0.717, 1.165) is 38.5 Å². The molecular weight excluding hydrogens is 456 g/mol. The van der Waals surface area contributed by atoms with Crippen molar-refractivity contribution in [1.82, 2.24) is 0 Å². The summed E-state index contributed by atoms with van der Waals surface area (Å²) in [6, 6.07) is 0. The summed E-state index contributed by atoms with van der Waals surface area (Å²) in [5, 5.41) is 9.38. The number of ketones is 4. The van der Waals surface area contributed by atoms with Crippen molar-refractivity contribution in [3.63, 3.8) is 0 Å². The summed E-state index contributed by atoms with van der Waals surface area (Å²) in [5.74, 6) is -0.985. The summed E-state index contributed by atoms with van der Waals surface area (Å²) in [4.78, 5) is 50.2. The Balaban J connectivity index is 1.97. The first-order valence-corrected chi connectivity index (χ1v) is 12.7. The molecule has 0 saturated heterocycles. The standard InChI is InChI=1S/C30H40O6/c1-29(2,20-31)14-8-6-10-21-16-25(32)18-23(27(21)34)12-13-24-19-26(33)17-22(28(24)35)11-7-9-15-30(3,4)36-5/h12-13,16-19,31H,6-11,14-15,20H2,1-5H3/b13-12-. The van der Waals surface area contributed by atoms with E-state index in [2.05, 4.69) is 0 Å². The van der Waals surface area contributed by atoms with E-state index in [1.165, 1.54) is 36.5 Å². The van der Waals surface area contributed by atoms with Gasteiger partial charge in [-0.3, -0.25) is 19.2 Å². The van der Waals surface area contributed by atoms with E-state index in [9.17, 15) is 24.3 Å². The summed E-state index contributed by atoms with van der Waals surface area (Å²) in [6.07, 6.45) is 14.1. The first-order chi connectivity index (χ1) is 16.9. The molecule has 2 aliphatic rings. The number of methoxy groups -OCH3 is 1. The number of hydrogen-bond donors (Lipinski definition) is 1. The lowest BCUT2D eigenvalue weighted by atomic mass is 9.86. The second-order valence-electron chi connectivity index (χ2n) is 11.0. The van der Waals surface area contributed by atoms with Crippen LogP contribution in [0, 0.1) is 5.41 Å². The van der Waals surface area contributed by atoms with E-state index in [4.69, 9.17) is 4.74 Å². The monoisotopic (exact) mass is 496 g/mol. The minimum Gasteiger partial charge on any atom is -0.396 e. The number of carbonyl (C=O) groups is 4. The Morgan fingerprint density at radius 2 is 1.17 bits per heavy atom. The summed E-state index contributed by atoms with van der Waals surface area (Å²) in [6.45, 7) is 8.10. The molecule has 0 amide bonds. The minimum atomic E-state index is -0.264. The predicted octanol–water partition coefficient (Wildman–Crippen LogP) is 5.12. The Hall–Kier alpha value is -2.70. The van der Waals surface area contributed by atoms with Gasteiger partial charge in [0.2, 0.25) is 0 Å². The first kappa shape index (κ1) is 29.5. The fourth-order valence-corrected chi connectivity index (χ4v) is 4.13. The second-order valence-corrected chi connectivity index (χ2v) is 11.0. The van der Waals surface area contributed by atoms with Gasteiger partial charge in [0.05, 0.1) is 5.60 Å². The molecule has 0 aromatic carbocycles. The number of unbranched alkanes of at least 4 members (excludes halogenated alkanes) is 2. The van der Waals surface area contributed by atoms with Crippen LogP contribution in [0.3, 0.4) is 0 Å². The highest BCUT2D eigenvalue weighted by molar-refractivity contribution is 6.23. The van der Waals surface area contributed by atoms with Crippen LogP contribution < -0.4 is 0 Å². The summed E-state index contributed by atoms with van der Waals surface area (Å²) >= 11 is 0. The van der Waals surface area contributed by atoms with Crippen molar-refractivity contribution in [2.24, 2.45) is 5.41 Å². The molecule has 0 aliphatic heterocycles. The molecular formula is C30H40O6. The third kappa shape index (κ3) is 9.07. The number of aliphatic hydroxyl groups is 1. The zero-order valence-corrected chi connectivity index (χ0v) is 22.3. The maximum atomic E-state index is 12.9. The topological polar surface area (TPSA) is 97.7 Å². The molecule has 0 unspecified atom stereocenters. The molecule has 1 N–H and O–H groups in total. The van der Waals surface area contributed by atoms with E-state index in [0.29, 0.717) is 24.0 Å². The maximum absolute atomic E-state index is 12.9. The van der Waals surface area contributed by atoms with Crippen molar-refractivity contribution in [2.45, 2.75) is 84.7 Å². The fourth-order valence-electron chi connectivity index (χ4n) is 4.13. The van der Waals surface area contributed by atoms with Gasteiger partial charge in [0.25, 0.3) is 0 Å². The fraction of sp³-hybridized carbons (Fsp3) is 0.533. The molecule has 0 spiro atoms. The van der Waals surface area contributed by atoms with E-state index in [-0.39, 0.29) is 51.9 Å². The second kappa shape index (κ2) is 13.0. The Morgan fingerprint density at radius 3 is 1.58 bits per heavy atom. The van der Waals surface area contributed by atoms with Crippen molar-refractivity contribution in [2.75, 3.05) is 13.7 Å². The van der Waals surface area contributed by atoms with Gasteiger partial charge < -0.3 is 9.84 Å². The van der Waals surface area contributed by atoms with Gasteiger partial charge in [-0.2, -0.15) is 0 Å². The van der Waals surface area contributed by atoms with Gasteiger partial charge in [-0.1, -0.05) is 38.8 Å². The van der Waals surface area contributed by atoms with Crippen molar-refractivity contribution >= 4 is 23.1 Å². The van der Waals surface area contributed by atoms with Gasteiger partial charge >= 0.3 is 0 Å². The quantitative estimate of drug-likeness (QED) is 0.265. The molecule has 0 aromatic rings. The lowest BCUT2D eigenvalue weighted by Crippen LogP contribution is -2.22. The van der Waals surface area contributed by atoms with Gasteiger partial charge in [-0.25, -0.2) is 0 Å². The highest BCUT2D eigenvalue weighted by Gasteiger charge is 2.23. The molecule has 0 saturated carbocycles.